The van der Waals surface area contributed by atoms with Crippen LogP contribution in [0, 0.1) is 5.82 Å². The van der Waals surface area contributed by atoms with Crippen molar-refractivity contribution >= 4 is 11.6 Å². The molecule has 0 radical (unpaired) electrons. The van der Waals surface area contributed by atoms with Crippen LogP contribution in [-0.2, 0) is 6.42 Å². The summed E-state index contributed by atoms with van der Waals surface area (Å²) in [6.07, 6.45) is 7.65. The van der Waals surface area contributed by atoms with Crippen molar-refractivity contribution in [3.63, 3.8) is 0 Å². The smallest absolute Gasteiger partial charge is 0.141 e. The molecule has 1 aliphatic carbocycles. The largest absolute Gasteiger partial charge is 0.324 e. The molecule has 1 unspecified atom stereocenters. The summed E-state index contributed by atoms with van der Waals surface area (Å²) < 4.78 is 15.2. The van der Waals surface area contributed by atoms with E-state index in [1.165, 1.54) is 31.7 Å². The fraction of sp³-hybridized carbons (Fsp3) is 0.438. The van der Waals surface area contributed by atoms with E-state index in [1.54, 1.807) is 12.1 Å². The number of nitrogens with zero attached hydrogens (tertiary/aromatic N) is 2. The molecule has 2 aromatic rings. The van der Waals surface area contributed by atoms with E-state index in [2.05, 4.69) is 9.78 Å². The molecule has 0 saturated heterocycles. The molecule has 1 aromatic carbocycles. The van der Waals surface area contributed by atoms with Crippen molar-refractivity contribution in [1.82, 2.24) is 9.78 Å². The van der Waals surface area contributed by atoms with Gasteiger partial charge in [-0.2, -0.15) is 5.10 Å². The fourth-order valence-electron chi connectivity index (χ4n) is 2.94. The summed E-state index contributed by atoms with van der Waals surface area (Å²) in [4.78, 5) is 0. The van der Waals surface area contributed by atoms with Crippen molar-refractivity contribution in [2.24, 2.45) is 5.73 Å². The minimum atomic E-state index is -0.418. The molecule has 21 heavy (non-hydrogen) atoms. The highest BCUT2D eigenvalue weighted by atomic mass is 35.5. The molecule has 1 atom stereocenters. The van der Waals surface area contributed by atoms with Crippen LogP contribution >= 0.6 is 11.6 Å². The second-order valence-electron chi connectivity index (χ2n) is 5.71. The summed E-state index contributed by atoms with van der Waals surface area (Å²) >= 11 is 5.80. The highest BCUT2D eigenvalue weighted by Crippen LogP contribution is 2.29. The molecule has 0 bridgehead atoms. The lowest BCUT2D eigenvalue weighted by Gasteiger charge is -2.12. The summed E-state index contributed by atoms with van der Waals surface area (Å²) in [6, 6.07) is 6.96. The van der Waals surface area contributed by atoms with E-state index in [0.29, 0.717) is 12.5 Å². The highest BCUT2D eigenvalue weighted by molar-refractivity contribution is 6.30. The third-order valence-electron chi connectivity index (χ3n) is 4.16. The van der Waals surface area contributed by atoms with Crippen LogP contribution in [0.5, 0.6) is 0 Å². The maximum atomic E-state index is 13.2. The van der Waals surface area contributed by atoms with Crippen molar-refractivity contribution in [2.45, 2.75) is 44.2 Å². The van der Waals surface area contributed by atoms with Gasteiger partial charge in [0.2, 0.25) is 0 Å². The minimum Gasteiger partial charge on any atom is -0.324 e. The third-order valence-corrected chi connectivity index (χ3v) is 4.45. The molecule has 1 heterocycles. The Morgan fingerprint density at radius 3 is 2.81 bits per heavy atom. The van der Waals surface area contributed by atoms with Crippen molar-refractivity contribution in [1.29, 1.82) is 0 Å². The van der Waals surface area contributed by atoms with Gasteiger partial charge < -0.3 is 5.73 Å². The minimum absolute atomic E-state index is 0.111. The summed E-state index contributed by atoms with van der Waals surface area (Å²) in [5.41, 5.74) is 7.98. The molecule has 0 aliphatic heterocycles. The Bertz CT molecular complexity index is 620. The van der Waals surface area contributed by atoms with E-state index in [9.17, 15) is 4.39 Å². The molecule has 0 spiro atoms. The number of rotatable bonds is 4. The average molecular weight is 308 g/mol. The Hall–Kier alpha value is -1.39. The molecule has 1 fully saturated rings. The van der Waals surface area contributed by atoms with Crippen LogP contribution in [-0.4, -0.2) is 9.78 Å². The number of nitrogens with two attached hydrogens (primary N) is 1. The normalized spacial score (nSPS) is 17.3. The van der Waals surface area contributed by atoms with Gasteiger partial charge in [0.25, 0.3) is 0 Å². The van der Waals surface area contributed by atoms with Gasteiger partial charge in [0.05, 0.1) is 16.8 Å². The van der Waals surface area contributed by atoms with E-state index in [4.69, 9.17) is 17.3 Å². The van der Waals surface area contributed by atoms with Gasteiger partial charge in [-0.05, 0) is 36.6 Å². The van der Waals surface area contributed by atoms with E-state index in [0.717, 1.165) is 11.3 Å². The van der Waals surface area contributed by atoms with Gasteiger partial charge in [0.1, 0.15) is 5.82 Å². The molecule has 1 saturated carbocycles. The summed E-state index contributed by atoms with van der Waals surface area (Å²) in [7, 11) is 0. The van der Waals surface area contributed by atoms with Gasteiger partial charge in [0.15, 0.2) is 0 Å². The van der Waals surface area contributed by atoms with Gasteiger partial charge in [-0.3, -0.25) is 4.68 Å². The fourth-order valence-corrected chi connectivity index (χ4v) is 3.13. The van der Waals surface area contributed by atoms with Gasteiger partial charge in [-0.25, -0.2) is 4.39 Å². The van der Waals surface area contributed by atoms with Crippen molar-refractivity contribution in [2.75, 3.05) is 0 Å². The first-order valence-electron chi connectivity index (χ1n) is 7.38. The maximum absolute atomic E-state index is 13.2. The monoisotopic (exact) mass is 307 g/mol. The quantitative estimate of drug-likeness (QED) is 0.926. The molecular weight excluding hydrogens is 289 g/mol. The Labute approximate surface area is 128 Å². The second kappa shape index (κ2) is 6.16. The van der Waals surface area contributed by atoms with Gasteiger partial charge in [-0.15, -0.1) is 0 Å². The van der Waals surface area contributed by atoms with Crippen LogP contribution in [0.15, 0.2) is 30.5 Å². The zero-order valence-corrected chi connectivity index (χ0v) is 12.6. The molecule has 1 aliphatic rings. The Balaban J connectivity index is 1.69. The van der Waals surface area contributed by atoms with Crippen LogP contribution in [0.1, 0.15) is 49.0 Å². The lowest BCUT2D eigenvalue weighted by Crippen LogP contribution is -2.14. The molecule has 3 rings (SSSR count). The molecule has 3 nitrogen and oxygen atoms in total. The summed E-state index contributed by atoms with van der Waals surface area (Å²) in [5, 5.41) is 4.74. The predicted octanol–water partition coefficient (Wildman–Crippen LogP) is 4.03. The van der Waals surface area contributed by atoms with Crippen LogP contribution < -0.4 is 5.73 Å². The van der Waals surface area contributed by atoms with Crippen molar-refractivity contribution < 1.29 is 4.39 Å². The van der Waals surface area contributed by atoms with Crippen LogP contribution in [0.4, 0.5) is 4.39 Å². The molecular formula is C16H19ClFN3. The number of halogens is 2. The van der Waals surface area contributed by atoms with Gasteiger partial charge in [0, 0.05) is 18.7 Å². The summed E-state index contributed by atoms with van der Waals surface area (Å²) in [5.74, 6) is -0.418. The van der Waals surface area contributed by atoms with Gasteiger partial charge >= 0.3 is 0 Å². The summed E-state index contributed by atoms with van der Waals surface area (Å²) in [6.45, 7) is 0. The molecule has 1 aromatic heterocycles. The molecule has 5 heteroatoms. The highest BCUT2D eigenvalue weighted by Gasteiger charge is 2.18. The first-order valence-corrected chi connectivity index (χ1v) is 7.76. The van der Waals surface area contributed by atoms with E-state index in [1.807, 2.05) is 12.3 Å². The number of aromatic nitrogens is 2. The average Bonchev–Trinajstić information content (AvgIpc) is 3.12. The van der Waals surface area contributed by atoms with Crippen molar-refractivity contribution in [3.8, 4) is 0 Å². The number of benzene rings is 1. The zero-order chi connectivity index (χ0) is 14.8. The van der Waals surface area contributed by atoms with Crippen molar-refractivity contribution in [3.05, 3.63) is 52.6 Å². The molecule has 2 N–H and O–H groups in total. The van der Waals surface area contributed by atoms with E-state index in [-0.39, 0.29) is 11.1 Å². The molecule has 0 amide bonds. The van der Waals surface area contributed by atoms with Crippen LogP contribution in [0.25, 0.3) is 0 Å². The lowest BCUT2D eigenvalue weighted by atomic mass is 10.0. The Morgan fingerprint density at radius 2 is 2.10 bits per heavy atom. The Morgan fingerprint density at radius 1 is 1.33 bits per heavy atom. The Kier molecular flexibility index (Phi) is 4.27. The van der Waals surface area contributed by atoms with Crippen LogP contribution in [0.3, 0.4) is 0 Å². The molecule has 112 valence electrons. The third kappa shape index (κ3) is 3.27. The lowest BCUT2D eigenvalue weighted by molar-refractivity contribution is 0.461. The van der Waals surface area contributed by atoms with Crippen LogP contribution in [0.2, 0.25) is 5.02 Å². The van der Waals surface area contributed by atoms with Gasteiger partial charge in [-0.1, -0.05) is 30.5 Å². The number of hydrogen-bond acceptors (Lipinski definition) is 2. The SMILES string of the molecule is NC(Cc1ccn(C2CCCC2)n1)c1ccc(F)c(Cl)c1. The second-order valence-corrected chi connectivity index (χ2v) is 6.12. The van der Waals surface area contributed by atoms with E-state index < -0.39 is 5.82 Å². The topological polar surface area (TPSA) is 43.8 Å². The predicted molar refractivity (Wildman–Crippen MR) is 81.8 cm³/mol. The first kappa shape index (κ1) is 14.5. The standard InChI is InChI=1S/C16H19ClFN3/c17-14-9-11(5-6-15(14)18)16(19)10-12-7-8-21(20-12)13-3-1-2-4-13/h5-9,13,16H,1-4,10,19H2. The zero-order valence-electron chi connectivity index (χ0n) is 11.8. The maximum Gasteiger partial charge on any atom is 0.141 e. The first-order chi connectivity index (χ1) is 10.1. The number of hydrogen-bond donors (Lipinski definition) is 1. The van der Waals surface area contributed by atoms with E-state index >= 15 is 0 Å².